The first-order chi connectivity index (χ1) is 8.21. The third-order valence-corrected chi connectivity index (χ3v) is 4.90. The fourth-order valence-corrected chi connectivity index (χ4v) is 3.69. The summed E-state index contributed by atoms with van der Waals surface area (Å²) in [5.41, 5.74) is 0. The molecule has 1 saturated heterocycles. The van der Waals surface area contributed by atoms with Crippen molar-refractivity contribution in [2.45, 2.75) is 32.7 Å². The first kappa shape index (κ1) is 14.9. The Morgan fingerprint density at radius 2 is 2.00 bits per heavy atom. The number of carboxylic acid groups (broad SMARTS) is 1. The minimum Gasteiger partial charge on any atom is -0.481 e. The summed E-state index contributed by atoms with van der Waals surface area (Å²) in [7, 11) is -3.10. The lowest BCUT2D eigenvalue weighted by molar-refractivity contribution is -0.138. The van der Waals surface area contributed by atoms with Crippen molar-refractivity contribution in [1.82, 2.24) is 5.32 Å². The van der Waals surface area contributed by atoms with Crippen LogP contribution in [0.4, 0.5) is 0 Å². The molecule has 0 aromatic carbocycles. The Morgan fingerprint density at radius 1 is 1.39 bits per heavy atom. The van der Waals surface area contributed by atoms with Gasteiger partial charge in [0.2, 0.25) is 5.91 Å². The number of carbonyl (C=O) groups is 2. The Kier molecular flexibility index (Phi) is 4.72. The average molecular weight is 277 g/mol. The third kappa shape index (κ3) is 4.29. The first-order valence-corrected chi connectivity index (χ1v) is 7.76. The van der Waals surface area contributed by atoms with Crippen LogP contribution in [-0.4, -0.2) is 42.9 Å². The summed E-state index contributed by atoms with van der Waals surface area (Å²) in [5, 5.41) is 11.4. The van der Waals surface area contributed by atoms with E-state index in [2.05, 4.69) is 5.32 Å². The molecular formula is C11H19NO5S. The number of aliphatic carboxylic acids is 1. The first-order valence-electron chi connectivity index (χ1n) is 5.94. The van der Waals surface area contributed by atoms with E-state index in [4.69, 9.17) is 5.11 Å². The van der Waals surface area contributed by atoms with E-state index in [0.29, 0.717) is 6.42 Å². The monoisotopic (exact) mass is 277 g/mol. The summed E-state index contributed by atoms with van der Waals surface area (Å²) >= 11 is 0. The molecule has 1 aliphatic heterocycles. The van der Waals surface area contributed by atoms with E-state index in [1.54, 1.807) is 0 Å². The van der Waals surface area contributed by atoms with Crippen molar-refractivity contribution in [3.05, 3.63) is 0 Å². The van der Waals surface area contributed by atoms with Gasteiger partial charge in [0.25, 0.3) is 0 Å². The predicted molar refractivity (Wildman–Crippen MR) is 65.8 cm³/mol. The van der Waals surface area contributed by atoms with Crippen LogP contribution in [0.5, 0.6) is 0 Å². The van der Waals surface area contributed by atoms with Gasteiger partial charge in [-0.05, 0) is 12.3 Å². The summed E-state index contributed by atoms with van der Waals surface area (Å²) in [4.78, 5) is 22.5. The number of hydrogen-bond donors (Lipinski definition) is 2. The Morgan fingerprint density at radius 3 is 2.39 bits per heavy atom. The second-order valence-electron chi connectivity index (χ2n) is 5.06. The van der Waals surface area contributed by atoms with Crippen molar-refractivity contribution in [3.63, 3.8) is 0 Å². The van der Waals surface area contributed by atoms with E-state index < -0.39 is 27.8 Å². The lowest BCUT2D eigenvalue weighted by Gasteiger charge is -2.22. The maximum atomic E-state index is 11.9. The fraction of sp³-hybridized carbons (Fsp3) is 0.818. The lowest BCUT2D eigenvalue weighted by atomic mass is 9.99. The average Bonchev–Trinajstić information content (AvgIpc) is 2.57. The fourth-order valence-electron chi connectivity index (χ4n) is 1.94. The molecule has 0 aliphatic carbocycles. The third-order valence-electron chi connectivity index (χ3n) is 3.13. The van der Waals surface area contributed by atoms with Crippen LogP contribution in [0.3, 0.4) is 0 Å². The van der Waals surface area contributed by atoms with Gasteiger partial charge < -0.3 is 10.4 Å². The van der Waals surface area contributed by atoms with Gasteiger partial charge in [-0.1, -0.05) is 13.8 Å². The maximum Gasteiger partial charge on any atom is 0.305 e. The van der Waals surface area contributed by atoms with Crippen LogP contribution in [0.15, 0.2) is 0 Å². The molecule has 104 valence electrons. The van der Waals surface area contributed by atoms with Crippen molar-refractivity contribution in [2.75, 3.05) is 11.5 Å². The van der Waals surface area contributed by atoms with Crippen LogP contribution in [-0.2, 0) is 19.4 Å². The zero-order valence-corrected chi connectivity index (χ0v) is 11.4. The van der Waals surface area contributed by atoms with E-state index in [1.165, 1.54) is 0 Å². The predicted octanol–water partition coefficient (Wildman–Crippen LogP) is 0.0366. The largest absolute Gasteiger partial charge is 0.481 e. The zero-order valence-electron chi connectivity index (χ0n) is 10.5. The van der Waals surface area contributed by atoms with E-state index >= 15 is 0 Å². The van der Waals surface area contributed by atoms with Crippen molar-refractivity contribution < 1.29 is 23.1 Å². The standard InChI is InChI=1S/C11H19NO5S/c1-7(2)9(5-10(13)14)12-11(15)8-3-4-18(16,17)6-8/h7-9H,3-6H2,1-2H3,(H,12,15)(H,13,14). The second kappa shape index (κ2) is 5.69. The molecule has 1 heterocycles. The topological polar surface area (TPSA) is 101 Å². The number of rotatable bonds is 5. The Hall–Kier alpha value is -1.11. The normalized spacial score (nSPS) is 23.8. The summed E-state index contributed by atoms with van der Waals surface area (Å²) in [6.45, 7) is 3.64. The molecule has 7 heteroatoms. The zero-order chi connectivity index (χ0) is 13.9. The van der Waals surface area contributed by atoms with Gasteiger partial charge in [0.1, 0.15) is 0 Å². The molecule has 0 saturated carbocycles. The quantitative estimate of drug-likeness (QED) is 0.738. The lowest BCUT2D eigenvalue weighted by Crippen LogP contribution is -2.43. The van der Waals surface area contributed by atoms with E-state index in [-0.39, 0.29) is 29.8 Å². The number of hydrogen-bond acceptors (Lipinski definition) is 4. The molecule has 1 rings (SSSR count). The van der Waals surface area contributed by atoms with Crippen molar-refractivity contribution >= 4 is 21.7 Å². The Balaban J connectivity index is 2.59. The number of nitrogens with one attached hydrogen (secondary N) is 1. The molecule has 6 nitrogen and oxygen atoms in total. The highest BCUT2D eigenvalue weighted by Gasteiger charge is 2.34. The molecule has 1 aliphatic rings. The minimum absolute atomic E-state index is 0.0111. The molecule has 2 N–H and O–H groups in total. The molecule has 2 unspecified atom stereocenters. The SMILES string of the molecule is CC(C)C(CC(=O)O)NC(=O)C1CCS(=O)(=O)C1. The van der Waals surface area contributed by atoms with Crippen molar-refractivity contribution in [3.8, 4) is 0 Å². The molecule has 18 heavy (non-hydrogen) atoms. The van der Waals surface area contributed by atoms with Crippen LogP contribution in [0.2, 0.25) is 0 Å². The molecule has 2 atom stereocenters. The van der Waals surface area contributed by atoms with Crippen molar-refractivity contribution in [1.29, 1.82) is 0 Å². The van der Waals surface area contributed by atoms with Gasteiger partial charge in [0.05, 0.1) is 23.8 Å². The summed E-state index contributed by atoms with van der Waals surface area (Å²) < 4.78 is 22.5. The van der Waals surface area contributed by atoms with E-state index in [0.717, 1.165) is 0 Å². The Labute approximate surface area is 107 Å². The molecule has 0 spiro atoms. The molecular weight excluding hydrogens is 258 g/mol. The second-order valence-corrected chi connectivity index (χ2v) is 7.29. The maximum absolute atomic E-state index is 11.9. The van der Waals surface area contributed by atoms with Crippen LogP contribution in [0.1, 0.15) is 26.7 Å². The van der Waals surface area contributed by atoms with Gasteiger partial charge >= 0.3 is 5.97 Å². The number of sulfone groups is 1. The molecule has 0 bridgehead atoms. The minimum atomic E-state index is -3.10. The van der Waals surface area contributed by atoms with Crippen molar-refractivity contribution in [2.24, 2.45) is 11.8 Å². The van der Waals surface area contributed by atoms with Gasteiger partial charge in [-0.15, -0.1) is 0 Å². The molecule has 0 aromatic heterocycles. The van der Waals surface area contributed by atoms with E-state index in [9.17, 15) is 18.0 Å². The molecule has 1 fully saturated rings. The highest BCUT2D eigenvalue weighted by atomic mass is 32.2. The highest BCUT2D eigenvalue weighted by molar-refractivity contribution is 7.91. The Bertz CT molecular complexity index is 429. The van der Waals surface area contributed by atoms with Gasteiger partial charge in [0, 0.05) is 6.04 Å². The summed E-state index contributed by atoms with van der Waals surface area (Å²) in [5.74, 6) is -1.97. The van der Waals surface area contributed by atoms with Crippen LogP contribution >= 0.6 is 0 Å². The number of amides is 1. The number of carboxylic acids is 1. The van der Waals surface area contributed by atoms with Crippen LogP contribution in [0, 0.1) is 11.8 Å². The molecule has 0 aromatic rings. The molecule has 1 amide bonds. The van der Waals surface area contributed by atoms with Gasteiger partial charge in [-0.25, -0.2) is 8.42 Å². The van der Waals surface area contributed by atoms with E-state index in [1.807, 2.05) is 13.8 Å². The van der Waals surface area contributed by atoms with Crippen LogP contribution in [0.25, 0.3) is 0 Å². The molecule has 0 radical (unpaired) electrons. The highest BCUT2D eigenvalue weighted by Crippen LogP contribution is 2.19. The van der Waals surface area contributed by atoms with Gasteiger partial charge in [-0.3, -0.25) is 9.59 Å². The number of carbonyl (C=O) groups excluding carboxylic acids is 1. The smallest absolute Gasteiger partial charge is 0.305 e. The van der Waals surface area contributed by atoms with Gasteiger partial charge in [-0.2, -0.15) is 0 Å². The van der Waals surface area contributed by atoms with Gasteiger partial charge in [0.15, 0.2) is 9.84 Å². The summed E-state index contributed by atoms with van der Waals surface area (Å²) in [6, 6.07) is -0.460. The van der Waals surface area contributed by atoms with Crippen LogP contribution < -0.4 is 5.32 Å². The summed E-state index contributed by atoms with van der Waals surface area (Å²) in [6.07, 6.45) is 0.176.